The molecule has 4 rings (SSSR count). The maximum absolute atomic E-state index is 3.97. The predicted octanol–water partition coefficient (Wildman–Crippen LogP) is 4.78. The second-order valence-electron chi connectivity index (χ2n) is 7.02. The fourth-order valence-corrected chi connectivity index (χ4v) is 1.54. The van der Waals surface area contributed by atoms with Crippen molar-refractivity contribution in [2.45, 2.75) is 41.5 Å². The summed E-state index contributed by atoms with van der Waals surface area (Å²) in [7, 11) is 0. The van der Waals surface area contributed by atoms with Gasteiger partial charge in [-0.3, -0.25) is 4.40 Å². The molecule has 140 valence electrons. The third kappa shape index (κ3) is 8.92. The number of nitrogens with zero attached hydrogens (tertiary/aromatic N) is 6. The zero-order valence-corrected chi connectivity index (χ0v) is 16.6. The Bertz CT molecular complexity index is 709. The highest BCUT2D eigenvalue weighted by Crippen LogP contribution is 1.94. The molecule has 4 heterocycles. The van der Waals surface area contributed by atoms with E-state index in [2.05, 4.69) is 61.8 Å². The molecule has 0 aliphatic heterocycles. The van der Waals surface area contributed by atoms with E-state index in [1.165, 1.54) is 6.33 Å². The van der Waals surface area contributed by atoms with Crippen LogP contribution in [0.4, 0.5) is 0 Å². The van der Waals surface area contributed by atoms with Crippen LogP contribution in [0.1, 0.15) is 41.5 Å². The van der Waals surface area contributed by atoms with Crippen molar-refractivity contribution in [2.24, 2.45) is 11.8 Å². The molecule has 0 atom stereocenters. The van der Waals surface area contributed by atoms with Gasteiger partial charge in [-0.2, -0.15) is 5.10 Å². The Morgan fingerprint density at radius 2 is 1.35 bits per heavy atom. The van der Waals surface area contributed by atoms with E-state index in [1.54, 1.807) is 10.8 Å². The summed E-state index contributed by atoms with van der Waals surface area (Å²) < 4.78 is 3.58. The predicted molar refractivity (Wildman–Crippen MR) is 107 cm³/mol. The van der Waals surface area contributed by atoms with Gasteiger partial charge in [-0.05, 0) is 36.1 Å². The average molecular weight is 355 g/mol. The molecule has 0 saturated heterocycles. The van der Waals surface area contributed by atoms with Crippen LogP contribution in [0.3, 0.4) is 0 Å². The van der Waals surface area contributed by atoms with Crippen LogP contribution in [-0.2, 0) is 0 Å². The van der Waals surface area contributed by atoms with Crippen LogP contribution < -0.4 is 0 Å². The number of aromatic nitrogens is 6. The molecule has 0 spiro atoms. The van der Waals surface area contributed by atoms with Gasteiger partial charge in [-0.1, -0.05) is 53.7 Å². The van der Waals surface area contributed by atoms with Gasteiger partial charge in [0.2, 0.25) is 0 Å². The zero-order chi connectivity index (χ0) is 19.4. The first-order valence-electron chi connectivity index (χ1n) is 8.89. The SMILES string of the molecule is CC(C)C.CC(C)C.c1ccn2cnnc2c1.c1ccn2ncnc2c1. The monoisotopic (exact) mass is 354 g/mol. The third-order valence-corrected chi connectivity index (χ3v) is 2.39. The van der Waals surface area contributed by atoms with Crippen LogP contribution in [0.5, 0.6) is 0 Å². The van der Waals surface area contributed by atoms with Gasteiger partial charge in [0, 0.05) is 12.4 Å². The molecule has 0 amide bonds. The van der Waals surface area contributed by atoms with E-state index in [1.807, 2.05) is 53.2 Å². The summed E-state index contributed by atoms with van der Waals surface area (Å²) in [5, 5.41) is 11.5. The fraction of sp³-hybridized carbons (Fsp3) is 0.400. The average Bonchev–Trinajstić information content (AvgIpc) is 3.23. The fourth-order valence-electron chi connectivity index (χ4n) is 1.54. The van der Waals surface area contributed by atoms with Crippen LogP contribution in [0.25, 0.3) is 11.3 Å². The molecule has 0 radical (unpaired) electrons. The molecule has 4 aromatic rings. The lowest BCUT2D eigenvalue weighted by atomic mass is 10.3. The van der Waals surface area contributed by atoms with Crippen LogP contribution in [-0.4, -0.2) is 29.2 Å². The first-order valence-corrected chi connectivity index (χ1v) is 8.89. The van der Waals surface area contributed by atoms with Crippen LogP contribution in [0, 0.1) is 11.8 Å². The summed E-state index contributed by atoms with van der Waals surface area (Å²) in [6.45, 7) is 13.0. The first kappa shape index (κ1) is 21.3. The van der Waals surface area contributed by atoms with Crippen molar-refractivity contribution < 1.29 is 0 Å². The summed E-state index contributed by atoms with van der Waals surface area (Å²) in [4.78, 5) is 3.97. The Labute approximate surface area is 155 Å². The van der Waals surface area contributed by atoms with Crippen molar-refractivity contribution >= 4 is 11.3 Å². The maximum atomic E-state index is 3.97. The Morgan fingerprint density at radius 3 is 1.92 bits per heavy atom. The molecule has 0 bridgehead atoms. The molecule has 0 aromatic carbocycles. The summed E-state index contributed by atoms with van der Waals surface area (Å²) in [5.41, 5.74) is 1.77. The Kier molecular flexibility index (Phi) is 9.61. The van der Waals surface area contributed by atoms with E-state index in [0.29, 0.717) is 0 Å². The van der Waals surface area contributed by atoms with Gasteiger partial charge >= 0.3 is 0 Å². The Balaban J connectivity index is 0.000000188. The van der Waals surface area contributed by atoms with Gasteiger partial charge in [-0.15, -0.1) is 10.2 Å². The van der Waals surface area contributed by atoms with Gasteiger partial charge in [0.05, 0.1) is 0 Å². The van der Waals surface area contributed by atoms with Gasteiger partial charge < -0.3 is 0 Å². The maximum Gasteiger partial charge on any atom is 0.160 e. The van der Waals surface area contributed by atoms with E-state index in [0.717, 1.165) is 23.1 Å². The Morgan fingerprint density at radius 1 is 0.769 bits per heavy atom. The van der Waals surface area contributed by atoms with Crippen molar-refractivity contribution in [2.75, 3.05) is 0 Å². The second kappa shape index (κ2) is 11.7. The quantitative estimate of drug-likeness (QED) is 0.456. The molecule has 0 N–H and O–H groups in total. The smallest absolute Gasteiger partial charge is 0.160 e. The molecule has 6 heteroatoms. The molecule has 0 aliphatic carbocycles. The molecule has 0 saturated carbocycles. The minimum Gasteiger partial charge on any atom is -0.289 e. The van der Waals surface area contributed by atoms with Crippen molar-refractivity contribution in [3.63, 3.8) is 0 Å². The summed E-state index contributed by atoms with van der Waals surface area (Å²) in [6.07, 6.45) is 6.99. The number of fused-ring (bicyclic) bond motifs is 2. The number of rotatable bonds is 0. The molecular weight excluding hydrogens is 324 g/mol. The molecule has 4 aromatic heterocycles. The van der Waals surface area contributed by atoms with Crippen LogP contribution in [0.15, 0.2) is 61.4 Å². The van der Waals surface area contributed by atoms with E-state index < -0.39 is 0 Å². The molecule has 0 aliphatic rings. The van der Waals surface area contributed by atoms with Gasteiger partial charge in [-0.25, -0.2) is 9.50 Å². The van der Waals surface area contributed by atoms with Gasteiger partial charge in [0.15, 0.2) is 11.3 Å². The molecule has 0 unspecified atom stereocenters. The highest BCUT2D eigenvalue weighted by Gasteiger charge is 1.87. The van der Waals surface area contributed by atoms with E-state index in [9.17, 15) is 0 Å². The van der Waals surface area contributed by atoms with Crippen molar-refractivity contribution in [3.05, 3.63) is 61.4 Å². The number of hydrogen-bond acceptors (Lipinski definition) is 4. The first-order chi connectivity index (χ1) is 12.4. The number of pyridine rings is 2. The lowest BCUT2D eigenvalue weighted by Crippen LogP contribution is -1.82. The lowest BCUT2D eigenvalue weighted by molar-refractivity contribution is 0.736. The summed E-state index contributed by atoms with van der Waals surface area (Å²) >= 11 is 0. The molecule has 6 nitrogen and oxygen atoms in total. The van der Waals surface area contributed by atoms with E-state index >= 15 is 0 Å². The van der Waals surface area contributed by atoms with Gasteiger partial charge in [0.25, 0.3) is 0 Å². The largest absolute Gasteiger partial charge is 0.289 e. The lowest BCUT2D eigenvalue weighted by Gasteiger charge is -1.84. The molecular formula is C20H30N6. The normalized spacial score (nSPS) is 9.85. The van der Waals surface area contributed by atoms with Crippen molar-refractivity contribution in [1.82, 2.24) is 29.2 Å². The van der Waals surface area contributed by atoms with Crippen molar-refractivity contribution in [3.8, 4) is 0 Å². The topological polar surface area (TPSA) is 60.4 Å². The molecule has 26 heavy (non-hydrogen) atoms. The number of hydrogen-bond donors (Lipinski definition) is 0. The zero-order valence-electron chi connectivity index (χ0n) is 16.6. The van der Waals surface area contributed by atoms with E-state index in [4.69, 9.17) is 0 Å². The standard InChI is InChI=1S/2C6H5N3.2C4H10/c1-2-4-9-5-7-8-6(9)3-1;1-2-4-9-6(3-1)7-5-8-9;2*1-4(2)3/h2*1-5H;2*4H,1-3H3. The second-order valence-corrected chi connectivity index (χ2v) is 7.02. The minimum absolute atomic E-state index is 0.833. The van der Waals surface area contributed by atoms with Gasteiger partial charge in [0.1, 0.15) is 12.7 Å². The highest BCUT2D eigenvalue weighted by molar-refractivity contribution is 5.35. The van der Waals surface area contributed by atoms with Crippen LogP contribution in [0.2, 0.25) is 0 Å². The van der Waals surface area contributed by atoms with E-state index in [-0.39, 0.29) is 0 Å². The molecule has 0 fully saturated rings. The minimum atomic E-state index is 0.833. The van der Waals surface area contributed by atoms with Crippen LogP contribution >= 0.6 is 0 Å². The third-order valence-electron chi connectivity index (χ3n) is 2.39. The summed E-state index contributed by atoms with van der Waals surface area (Å²) in [6, 6.07) is 11.5. The highest BCUT2D eigenvalue weighted by atomic mass is 15.3. The Hall–Kier alpha value is -2.76. The van der Waals surface area contributed by atoms with Crippen molar-refractivity contribution in [1.29, 1.82) is 0 Å². The summed E-state index contributed by atoms with van der Waals surface area (Å²) in [5.74, 6) is 1.67.